The number of rotatable bonds is 15. The van der Waals surface area contributed by atoms with Crippen LogP contribution in [-0.4, -0.2) is 87.8 Å². The number of hydrogen-bond donors (Lipinski definition) is 9. The van der Waals surface area contributed by atoms with E-state index in [9.17, 15) is 29.1 Å². The Morgan fingerprint density at radius 2 is 1.39 bits per heavy atom. The molecule has 15 nitrogen and oxygen atoms in total. The van der Waals surface area contributed by atoms with E-state index in [-0.39, 0.29) is 31.8 Å². The third-order valence-electron chi connectivity index (χ3n) is 4.41. The Kier molecular flexibility index (Phi) is 13.0. The third-order valence-corrected chi connectivity index (χ3v) is 4.41. The first kappa shape index (κ1) is 29.5. The van der Waals surface area contributed by atoms with Crippen LogP contribution in [0.5, 0.6) is 0 Å². The minimum Gasteiger partial charge on any atom is -0.481 e. The van der Waals surface area contributed by atoms with Crippen LogP contribution in [0.25, 0.3) is 0 Å². The van der Waals surface area contributed by atoms with Gasteiger partial charge in [-0.3, -0.25) is 29.0 Å². The normalized spacial score (nSPS) is 15.2. The number of carbonyl (C=O) groups excluding carboxylic acids is 3. The monoisotopic (exact) mass is 475 g/mol. The number of nitrogens with two attached hydrogens (primary N) is 3. The van der Waals surface area contributed by atoms with E-state index in [0.29, 0.717) is 0 Å². The number of carboxylic acids is 2. The number of aliphatic hydroxyl groups is 1. The van der Waals surface area contributed by atoms with Crippen molar-refractivity contribution in [1.29, 1.82) is 0 Å². The fraction of sp³-hybridized carbons (Fsp3) is 0.667. The number of carboxylic acid groups (broad SMARTS) is 2. The van der Waals surface area contributed by atoms with Crippen molar-refractivity contribution in [1.82, 2.24) is 16.0 Å². The van der Waals surface area contributed by atoms with Crippen LogP contribution in [-0.2, 0) is 24.0 Å². The molecule has 0 aromatic carbocycles. The molecule has 15 heteroatoms. The van der Waals surface area contributed by atoms with Crippen molar-refractivity contribution >= 4 is 35.6 Å². The Morgan fingerprint density at radius 1 is 0.879 bits per heavy atom. The zero-order chi connectivity index (χ0) is 25.7. The van der Waals surface area contributed by atoms with Gasteiger partial charge < -0.3 is 48.5 Å². The average Bonchev–Trinajstić information content (AvgIpc) is 2.71. The lowest BCUT2D eigenvalue weighted by Gasteiger charge is -2.25. The summed E-state index contributed by atoms with van der Waals surface area (Å²) in [7, 11) is 0. The molecule has 0 fully saturated rings. The maximum atomic E-state index is 12.8. The van der Waals surface area contributed by atoms with Crippen molar-refractivity contribution in [2.24, 2.45) is 22.2 Å². The molecule has 12 N–H and O–H groups in total. The van der Waals surface area contributed by atoms with Gasteiger partial charge in [0, 0.05) is 13.0 Å². The molecule has 0 spiro atoms. The van der Waals surface area contributed by atoms with Gasteiger partial charge in [0.1, 0.15) is 24.2 Å². The number of guanidine groups is 1. The Labute approximate surface area is 190 Å². The first-order valence-electron chi connectivity index (χ1n) is 10.1. The third kappa shape index (κ3) is 12.2. The molecule has 0 saturated carbocycles. The molecule has 0 radical (unpaired) electrons. The van der Waals surface area contributed by atoms with Crippen molar-refractivity contribution < 1.29 is 39.3 Å². The highest BCUT2D eigenvalue weighted by atomic mass is 16.4. The van der Waals surface area contributed by atoms with Gasteiger partial charge in [0.25, 0.3) is 0 Å². The Bertz CT molecular complexity index is 739. The van der Waals surface area contributed by atoms with Crippen LogP contribution in [0.1, 0.15) is 39.5 Å². The van der Waals surface area contributed by atoms with Crippen LogP contribution in [0.4, 0.5) is 0 Å². The molecule has 3 amide bonds. The summed E-state index contributed by atoms with van der Waals surface area (Å²) in [5.74, 6) is -5.33. The fourth-order valence-corrected chi connectivity index (χ4v) is 2.44. The molecule has 0 aliphatic carbocycles. The van der Waals surface area contributed by atoms with Gasteiger partial charge in [-0.05, 0) is 33.1 Å². The number of nitrogens with zero attached hydrogens (tertiary/aromatic N) is 1. The zero-order valence-electron chi connectivity index (χ0n) is 18.5. The minimum atomic E-state index is -1.39. The summed E-state index contributed by atoms with van der Waals surface area (Å²) in [4.78, 5) is 63.1. The molecule has 0 aliphatic rings. The molecule has 0 aromatic rings. The van der Waals surface area contributed by atoms with Crippen LogP contribution >= 0.6 is 0 Å². The molecule has 0 aromatic heterocycles. The molecule has 0 rings (SSSR count). The minimum absolute atomic E-state index is 0.0136. The molecule has 0 saturated heterocycles. The van der Waals surface area contributed by atoms with Crippen molar-refractivity contribution in [2.45, 2.75) is 69.8 Å². The maximum Gasteiger partial charge on any atom is 0.325 e. The second-order valence-corrected chi connectivity index (χ2v) is 7.34. The summed E-state index contributed by atoms with van der Waals surface area (Å²) in [6.07, 6.45) is -1.78. The summed E-state index contributed by atoms with van der Waals surface area (Å²) in [6.45, 7) is 2.61. The SMILES string of the molecule is CC(NC(=O)C(CCC(=O)O)NC(=O)C(CCCN=C(N)N)NC(=O)C(N)C(C)O)C(=O)O. The highest BCUT2D eigenvalue weighted by Gasteiger charge is 2.30. The molecular weight excluding hydrogens is 442 g/mol. The van der Waals surface area contributed by atoms with Gasteiger partial charge in [-0.1, -0.05) is 0 Å². The molecule has 5 unspecified atom stereocenters. The molecule has 0 bridgehead atoms. The van der Waals surface area contributed by atoms with Crippen molar-refractivity contribution in [3.8, 4) is 0 Å². The maximum absolute atomic E-state index is 12.8. The van der Waals surface area contributed by atoms with E-state index in [1.165, 1.54) is 13.8 Å². The topological polar surface area (TPSA) is 273 Å². The number of aliphatic imine (C=N–C) groups is 1. The number of carbonyl (C=O) groups is 5. The Balaban J connectivity index is 5.51. The number of hydrogen-bond acceptors (Lipinski definition) is 8. The molecular formula is C18H33N7O8. The van der Waals surface area contributed by atoms with Crippen LogP contribution in [0.15, 0.2) is 4.99 Å². The summed E-state index contributed by atoms with van der Waals surface area (Å²) in [5, 5.41) is 34.2. The molecule has 0 aliphatic heterocycles. The lowest BCUT2D eigenvalue weighted by molar-refractivity contribution is -0.142. The van der Waals surface area contributed by atoms with Crippen LogP contribution in [0.2, 0.25) is 0 Å². The number of amides is 3. The predicted molar refractivity (Wildman–Crippen MR) is 116 cm³/mol. The van der Waals surface area contributed by atoms with Gasteiger partial charge >= 0.3 is 11.9 Å². The largest absolute Gasteiger partial charge is 0.481 e. The second kappa shape index (κ2) is 14.6. The van der Waals surface area contributed by atoms with Gasteiger partial charge in [-0.2, -0.15) is 0 Å². The lowest BCUT2D eigenvalue weighted by atomic mass is 10.1. The van der Waals surface area contributed by atoms with E-state index in [1.54, 1.807) is 0 Å². The van der Waals surface area contributed by atoms with Crippen molar-refractivity contribution in [3.63, 3.8) is 0 Å². The van der Waals surface area contributed by atoms with Gasteiger partial charge in [0.2, 0.25) is 17.7 Å². The lowest BCUT2D eigenvalue weighted by Crippen LogP contribution is -2.58. The standard InChI is InChI=1S/C18H33N7O8/c1-8(17(32)33)23-14(29)11(5-6-12(27)28)24-15(30)10(4-3-7-22-18(20)21)25-16(31)13(19)9(2)26/h8-11,13,26H,3-7,19H2,1-2H3,(H,23,29)(H,24,30)(H,25,31)(H,27,28)(H,32,33)(H4,20,21,22). The van der Waals surface area contributed by atoms with Crippen LogP contribution in [0.3, 0.4) is 0 Å². The van der Waals surface area contributed by atoms with Gasteiger partial charge in [0.05, 0.1) is 6.10 Å². The predicted octanol–water partition coefficient (Wildman–Crippen LogP) is -3.83. The molecule has 5 atom stereocenters. The zero-order valence-corrected chi connectivity index (χ0v) is 18.5. The summed E-state index contributed by atoms with van der Waals surface area (Å²) < 4.78 is 0. The quantitative estimate of drug-likeness (QED) is 0.0628. The summed E-state index contributed by atoms with van der Waals surface area (Å²) >= 11 is 0. The van der Waals surface area contributed by atoms with Crippen molar-refractivity contribution in [2.75, 3.05) is 6.54 Å². The molecule has 188 valence electrons. The van der Waals surface area contributed by atoms with Crippen molar-refractivity contribution in [3.05, 3.63) is 0 Å². The number of nitrogens with one attached hydrogen (secondary N) is 3. The van der Waals surface area contributed by atoms with E-state index in [2.05, 4.69) is 20.9 Å². The van der Waals surface area contributed by atoms with E-state index in [0.717, 1.165) is 0 Å². The summed E-state index contributed by atoms with van der Waals surface area (Å²) in [6, 6.07) is -5.24. The van der Waals surface area contributed by atoms with E-state index < -0.39 is 66.4 Å². The van der Waals surface area contributed by atoms with E-state index in [1.807, 2.05) is 0 Å². The van der Waals surface area contributed by atoms with E-state index in [4.69, 9.17) is 27.4 Å². The summed E-state index contributed by atoms with van der Waals surface area (Å²) in [5.41, 5.74) is 16.1. The second-order valence-electron chi connectivity index (χ2n) is 7.34. The van der Waals surface area contributed by atoms with Gasteiger partial charge in [-0.25, -0.2) is 0 Å². The Hall–Kier alpha value is -3.46. The Morgan fingerprint density at radius 3 is 1.88 bits per heavy atom. The first-order valence-corrected chi connectivity index (χ1v) is 10.1. The molecule has 33 heavy (non-hydrogen) atoms. The smallest absolute Gasteiger partial charge is 0.325 e. The fourth-order valence-electron chi connectivity index (χ4n) is 2.44. The average molecular weight is 476 g/mol. The van der Waals surface area contributed by atoms with Crippen LogP contribution in [0, 0.1) is 0 Å². The van der Waals surface area contributed by atoms with E-state index >= 15 is 0 Å². The van der Waals surface area contributed by atoms with Gasteiger partial charge in [0.15, 0.2) is 5.96 Å². The highest BCUT2D eigenvalue weighted by molar-refractivity contribution is 5.94. The van der Waals surface area contributed by atoms with Crippen LogP contribution < -0.4 is 33.2 Å². The number of aliphatic hydroxyl groups excluding tert-OH is 1. The number of aliphatic carboxylic acids is 2. The highest BCUT2D eigenvalue weighted by Crippen LogP contribution is 2.05. The molecule has 0 heterocycles. The van der Waals surface area contributed by atoms with Gasteiger partial charge in [-0.15, -0.1) is 0 Å². The first-order chi connectivity index (χ1) is 15.3.